The number of nitrogens with two attached hydrogens (primary N) is 1. The third-order valence-electron chi connectivity index (χ3n) is 3.30. The lowest BCUT2D eigenvalue weighted by Gasteiger charge is -2.34. The van der Waals surface area contributed by atoms with Crippen LogP contribution in [0.4, 0.5) is 0 Å². The Balaban J connectivity index is 2.57. The molecule has 6 nitrogen and oxygen atoms in total. The largest absolute Gasteiger partial charge is 0.409 e. The average Bonchev–Trinajstić information content (AvgIpc) is 2.36. The Hall–Kier alpha value is -1.30. The van der Waals surface area contributed by atoms with Crippen molar-refractivity contribution in [2.45, 2.75) is 26.2 Å². The van der Waals surface area contributed by atoms with Gasteiger partial charge in [-0.25, -0.2) is 0 Å². The first-order chi connectivity index (χ1) is 8.10. The molecule has 1 heterocycles. The van der Waals surface area contributed by atoms with E-state index >= 15 is 0 Å². The number of nitrogens with zero attached hydrogens (tertiary/aromatic N) is 2. The number of oxime groups is 1. The molecule has 2 unspecified atom stereocenters. The molecule has 0 saturated carbocycles. The molecule has 98 valence electrons. The summed E-state index contributed by atoms with van der Waals surface area (Å²) in [5.41, 5.74) is 5.43. The van der Waals surface area contributed by atoms with Gasteiger partial charge in [0.1, 0.15) is 0 Å². The smallest absolute Gasteiger partial charge is 0.233 e. The zero-order valence-corrected chi connectivity index (χ0v) is 10.2. The lowest BCUT2D eigenvalue weighted by Crippen LogP contribution is -2.45. The summed E-state index contributed by atoms with van der Waals surface area (Å²) in [4.78, 5) is 13.8. The van der Waals surface area contributed by atoms with Crippen molar-refractivity contribution in [2.24, 2.45) is 22.7 Å². The first-order valence-corrected chi connectivity index (χ1v) is 5.97. The number of carbonyl (C=O) groups is 1. The number of likely N-dealkylation sites (tertiary alicyclic amines) is 1. The van der Waals surface area contributed by atoms with Crippen LogP contribution in [0.15, 0.2) is 5.16 Å². The van der Waals surface area contributed by atoms with Crippen LogP contribution in [0, 0.1) is 11.8 Å². The second kappa shape index (κ2) is 6.44. The number of carbonyl (C=O) groups excluding carboxylic acids is 1. The lowest BCUT2D eigenvalue weighted by atomic mass is 9.94. The maximum Gasteiger partial charge on any atom is 0.233 e. The minimum absolute atomic E-state index is 0.0562. The quantitative estimate of drug-likeness (QED) is 0.280. The van der Waals surface area contributed by atoms with Crippen molar-refractivity contribution in [3.05, 3.63) is 0 Å². The molecule has 0 spiro atoms. The van der Waals surface area contributed by atoms with Crippen molar-refractivity contribution in [3.63, 3.8) is 0 Å². The molecule has 0 aromatic heterocycles. The molecule has 0 aliphatic carbocycles. The number of amidine groups is 1. The van der Waals surface area contributed by atoms with Gasteiger partial charge in [0.05, 0.1) is 5.92 Å². The Kier molecular flexibility index (Phi) is 5.21. The summed E-state index contributed by atoms with van der Waals surface area (Å²) in [6, 6.07) is 0. The second-order valence-electron chi connectivity index (χ2n) is 4.55. The number of aliphatic hydroxyl groups excluding tert-OH is 1. The van der Waals surface area contributed by atoms with Crippen molar-refractivity contribution in [1.82, 2.24) is 4.90 Å². The number of aliphatic hydroxyl groups is 1. The van der Waals surface area contributed by atoms with Gasteiger partial charge in [-0.05, 0) is 32.1 Å². The van der Waals surface area contributed by atoms with E-state index in [1.807, 2.05) is 0 Å². The summed E-state index contributed by atoms with van der Waals surface area (Å²) < 4.78 is 0. The van der Waals surface area contributed by atoms with Gasteiger partial charge in [0.25, 0.3) is 0 Å². The topological polar surface area (TPSA) is 99.2 Å². The van der Waals surface area contributed by atoms with Crippen LogP contribution < -0.4 is 5.73 Å². The highest BCUT2D eigenvalue weighted by atomic mass is 16.4. The molecule has 4 N–H and O–H groups in total. The van der Waals surface area contributed by atoms with Crippen LogP contribution >= 0.6 is 0 Å². The second-order valence-corrected chi connectivity index (χ2v) is 4.55. The summed E-state index contributed by atoms with van der Waals surface area (Å²) in [6.45, 7) is 3.15. The molecule has 1 fully saturated rings. The van der Waals surface area contributed by atoms with E-state index in [0.717, 1.165) is 19.3 Å². The van der Waals surface area contributed by atoms with Crippen LogP contribution in [0.3, 0.4) is 0 Å². The van der Waals surface area contributed by atoms with Crippen LogP contribution in [-0.4, -0.2) is 46.7 Å². The maximum absolute atomic E-state index is 12.0. The molecule has 1 aliphatic rings. The molecule has 1 amide bonds. The molecule has 1 aliphatic heterocycles. The van der Waals surface area contributed by atoms with E-state index < -0.39 is 5.92 Å². The van der Waals surface area contributed by atoms with Crippen molar-refractivity contribution >= 4 is 11.7 Å². The summed E-state index contributed by atoms with van der Waals surface area (Å²) in [5.74, 6) is -0.396. The number of hydrogen-bond acceptors (Lipinski definition) is 4. The molecule has 6 heteroatoms. The lowest BCUT2D eigenvalue weighted by molar-refractivity contribution is -0.134. The fourth-order valence-electron chi connectivity index (χ4n) is 2.17. The Morgan fingerprint density at radius 1 is 1.65 bits per heavy atom. The molecular weight excluding hydrogens is 222 g/mol. The predicted octanol–water partition coefficient (Wildman–Crippen LogP) is -0.0101. The van der Waals surface area contributed by atoms with E-state index in [2.05, 4.69) is 5.16 Å². The number of amides is 1. The van der Waals surface area contributed by atoms with Crippen LogP contribution in [0.25, 0.3) is 0 Å². The zero-order valence-electron chi connectivity index (χ0n) is 10.2. The summed E-state index contributed by atoms with van der Waals surface area (Å²) >= 11 is 0. The fraction of sp³-hybridized carbons (Fsp3) is 0.818. The minimum Gasteiger partial charge on any atom is -0.409 e. The first kappa shape index (κ1) is 13.8. The highest BCUT2D eigenvalue weighted by Gasteiger charge is 2.28. The van der Waals surface area contributed by atoms with E-state index in [1.165, 1.54) is 0 Å². The monoisotopic (exact) mass is 243 g/mol. The Labute approximate surface area is 101 Å². The zero-order chi connectivity index (χ0) is 12.8. The van der Waals surface area contributed by atoms with E-state index in [9.17, 15) is 4.79 Å². The highest BCUT2D eigenvalue weighted by molar-refractivity contribution is 6.01. The minimum atomic E-state index is -0.590. The van der Waals surface area contributed by atoms with E-state index in [-0.39, 0.29) is 18.3 Å². The van der Waals surface area contributed by atoms with E-state index in [4.69, 9.17) is 16.0 Å². The Bertz CT molecular complexity index is 292. The van der Waals surface area contributed by atoms with Crippen molar-refractivity contribution < 1.29 is 15.1 Å². The highest BCUT2D eigenvalue weighted by Crippen LogP contribution is 2.20. The van der Waals surface area contributed by atoms with Gasteiger partial charge in [0.2, 0.25) is 5.91 Å². The van der Waals surface area contributed by atoms with Crippen LogP contribution in [0.1, 0.15) is 26.2 Å². The molecule has 17 heavy (non-hydrogen) atoms. The van der Waals surface area contributed by atoms with E-state index in [1.54, 1.807) is 11.8 Å². The summed E-state index contributed by atoms with van der Waals surface area (Å²) in [6.07, 6.45) is 2.71. The number of piperidine rings is 1. The van der Waals surface area contributed by atoms with Crippen molar-refractivity contribution in [2.75, 3.05) is 19.7 Å². The van der Waals surface area contributed by atoms with Gasteiger partial charge in [-0.3, -0.25) is 4.79 Å². The molecule has 1 rings (SSSR count). The summed E-state index contributed by atoms with van der Waals surface area (Å²) in [5, 5.41) is 20.3. The van der Waals surface area contributed by atoms with Crippen LogP contribution in [0.2, 0.25) is 0 Å². The van der Waals surface area contributed by atoms with Crippen molar-refractivity contribution in [3.8, 4) is 0 Å². The third kappa shape index (κ3) is 3.59. The summed E-state index contributed by atoms with van der Waals surface area (Å²) in [7, 11) is 0. The van der Waals surface area contributed by atoms with E-state index in [0.29, 0.717) is 19.0 Å². The Morgan fingerprint density at radius 3 is 2.94 bits per heavy atom. The molecule has 1 saturated heterocycles. The van der Waals surface area contributed by atoms with Gasteiger partial charge in [-0.1, -0.05) is 5.16 Å². The molecule has 0 bridgehead atoms. The molecule has 0 aromatic carbocycles. The normalized spacial score (nSPS) is 23.5. The van der Waals surface area contributed by atoms with Gasteiger partial charge in [-0.2, -0.15) is 0 Å². The van der Waals surface area contributed by atoms with Crippen molar-refractivity contribution in [1.29, 1.82) is 0 Å². The molecular formula is C11H21N3O3. The molecule has 2 atom stereocenters. The van der Waals surface area contributed by atoms with Gasteiger partial charge >= 0.3 is 0 Å². The van der Waals surface area contributed by atoms with Crippen LogP contribution in [0.5, 0.6) is 0 Å². The number of hydrogen-bond donors (Lipinski definition) is 3. The third-order valence-corrected chi connectivity index (χ3v) is 3.30. The fourth-order valence-corrected chi connectivity index (χ4v) is 2.17. The van der Waals surface area contributed by atoms with Crippen LogP contribution in [-0.2, 0) is 4.79 Å². The standard InChI is InChI=1S/C11H21N3O3/c1-8(10(12)13-17)11(16)14-5-2-3-9(7-14)4-6-15/h8-9,15,17H,2-7H2,1H3,(H2,12,13). The predicted molar refractivity (Wildman–Crippen MR) is 63.6 cm³/mol. The molecule has 0 aromatic rings. The average molecular weight is 243 g/mol. The maximum atomic E-state index is 12.0. The molecule has 0 radical (unpaired) electrons. The first-order valence-electron chi connectivity index (χ1n) is 5.97. The van der Waals surface area contributed by atoms with Gasteiger partial charge < -0.3 is 20.9 Å². The number of rotatable bonds is 4. The van der Waals surface area contributed by atoms with Gasteiger partial charge in [0, 0.05) is 19.7 Å². The van der Waals surface area contributed by atoms with Gasteiger partial charge in [0.15, 0.2) is 5.84 Å². The Morgan fingerprint density at radius 2 is 2.35 bits per heavy atom. The SMILES string of the molecule is CC(C(=O)N1CCCC(CCO)C1)C(N)=NO. The van der Waals surface area contributed by atoms with Gasteiger partial charge in [-0.15, -0.1) is 0 Å².